The molecule has 1 aromatic carbocycles. The Morgan fingerprint density at radius 1 is 1.19 bits per heavy atom. The zero-order chi connectivity index (χ0) is 12.1. The third kappa shape index (κ3) is 2.74. The lowest BCUT2D eigenvalue weighted by Crippen LogP contribution is -2.22. The first-order valence-corrected chi connectivity index (χ1v) is 4.97. The van der Waals surface area contributed by atoms with Crippen LogP contribution in [0.1, 0.15) is 27.6 Å². The molecule has 1 rings (SSSR count). The summed E-state index contributed by atoms with van der Waals surface area (Å²) in [4.78, 5) is 22.9. The summed E-state index contributed by atoms with van der Waals surface area (Å²) in [5.74, 6) is -1.30. The van der Waals surface area contributed by atoms with Crippen LogP contribution in [0.5, 0.6) is 0 Å². The molecule has 0 unspecified atom stereocenters. The normalized spacial score (nSPS) is 10.5. The topological polar surface area (TPSA) is 74.6 Å². The van der Waals surface area contributed by atoms with Crippen LogP contribution in [0.15, 0.2) is 24.3 Å². The van der Waals surface area contributed by atoms with Crippen LogP contribution in [0.2, 0.25) is 0 Å². The molecule has 0 aliphatic rings. The first-order valence-electron chi connectivity index (χ1n) is 4.97. The lowest BCUT2D eigenvalue weighted by atomic mass is 9.97. The van der Waals surface area contributed by atoms with Crippen LogP contribution in [0.25, 0.3) is 0 Å². The number of carbonyl (C=O) groups excluding carboxylic acids is 2. The first kappa shape index (κ1) is 12.5. The lowest BCUT2D eigenvalue weighted by Gasteiger charge is -2.09. The Morgan fingerprint density at radius 3 is 2.25 bits per heavy atom. The molecule has 0 heterocycles. The van der Waals surface area contributed by atoms with E-state index in [0.29, 0.717) is 11.1 Å². The Bertz CT molecular complexity index is 394. The quantitative estimate of drug-likeness (QED) is 0.718. The number of rotatable bonds is 5. The summed E-state index contributed by atoms with van der Waals surface area (Å²) in [6.45, 7) is 0.610. The Balaban J connectivity index is 3.00. The highest BCUT2D eigenvalue weighted by molar-refractivity contribution is 6.01. The van der Waals surface area contributed by atoms with Gasteiger partial charge in [-0.2, -0.15) is 0 Å². The lowest BCUT2D eigenvalue weighted by molar-refractivity contribution is 0.0769. The molecule has 1 aromatic rings. The molecule has 0 fully saturated rings. The minimum absolute atomic E-state index is 0.126. The Labute approximate surface area is 93.5 Å². The number of aliphatic hydroxyl groups excluding tert-OH is 2. The summed E-state index contributed by atoms with van der Waals surface area (Å²) in [6.07, 6.45) is 0. The number of hydrogen-bond donors (Lipinski definition) is 2. The Kier molecular flexibility index (Phi) is 4.34. The van der Waals surface area contributed by atoms with Crippen molar-refractivity contribution in [2.45, 2.75) is 6.92 Å². The van der Waals surface area contributed by atoms with Crippen molar-refractivity contribution in [3.05, 3.63) is 35.4 Å². The van der Waals surface area contributed by atoms with E-state index in [0.717, 1.165) is 0 Å². The van der Waals surface area contributed by atoms with Crippen LogP contribution in [-0.4, -0.2) is 35.0 Å². The number of carbonyl (C=O) groups is 2. The van der Waals surface area contributed by atoms with E-state index in [9.17, 15) is 9.59 Å². The minimum Gasteiger partial charge on any atom is -0.396 e. The van der Waals surface area contributed by atoms with Gasteiger partial charge in [0.05, 0.1) is 19.1 Å². The van der Waals surface area contributed by atoms with E-state index in [4.69, 9.17) is 10.2 Å². The third-order valence-corrected chi connectivity index (χ3v) is 2.37. The summed E-state index contributed by atoms with van der Waals surface area (Å²) in [7, 11) is 0. The number of benzene rings is 1. The fourth-order valence-corrected chi connectivity index (χ4v) is 1.35. The van der Waals surface area contributed by atoms with Gasteiger partial charge in [-0.05, 0) is 13.0 Å². The van der Waals surface area contributed by atoms with Crippen molar-refractivity contribution in [2.75, 3.05) is 13.2 Å². The smallest absolute Gasteiger partial charge is 0.170 e. The van der Waals surface area contributed by atoms with Gasteiger partial charge < -0.3 is 10.2 Å². The van der Waals surface area contributed by atoms with E-state index in [-0.39, 0.29) is 11.6 Å². The summed E-state index contributed by atoms with van der Waals surface area (Å²) in [5, 5.41) is 17.8. The maximum atomic E-state index is 11.8. The number of Topliss-reactive ketones (excluding diaryl/α,β-unsaturated/α-hetero) is 2. The summed E-state index contributed by atoms with van der Waals surface area (Å²) < 4.78 is 0. The van der Waals surface area contributed by atoms with Crippen molar-refractivity contribution in [2.24, 2.45) is 5.92 Å². The average molecular weight is 222 g/mol. The van der Waals surface area contributed by atoms with Crippen LogP contribution in [-0.2, 0) is 0 Å². The average Bonchev–Trinajstić information content (AvgIpc) is 2.30. The second-order valence-electron chi connectivity index (χ2n) is 3.56. The number of hydrogen-bond acceptors (Lipinski definition) is 4. The molecule has 4 heteroatoms. The van der Waals surface area contributed by atoms with Crippen LogP contribution in [0, 0.1) is 5.92 Å². The first-order chi connectivity index (χ1) is 7.60. The van der Waals surface area contributed by atoms with Crippen LogP contribution in [0.4, 0.5) is 0 Å². The summed E-state index contributed by atoms with van der Waals surface area (Å²) in [6, 6.07) is 6.26. The van der Waals surface area contributed by atoms with Crippen molar-refractivity contribution in [1.82, 2.24) is 0 Å². The highest BCUT2D eigenvalue weighted by Gasteiger charge is 2.18. The van der Waals surface area contributed by atoms with Gasteiger partial charge in [-0.25, -0.2) is 0 Å². The van der Waals surface area contributed by atoms with Gasteiger partial charge in [-0.3, -0.25) is 9.59 Å². The van der Waals surface area contributed by atoms with Gasteiger partial charge in [0.15, 0.2) is 11.6 Å². The van der Waals surface area contributed by atoms with Gasteiger partial charge >= 0.3 is 0 Å². The van der Waals surface area contributed by atoms with Gasteiger partial charge in [0.25, 0.3) is 0 Å². The Morgan fingerprint density at radius 2 is 1.75 bits per heavy atom. The maximum absolute atomic E-state index is 11.8. The van der Waals surface area contributed by atoms with Crippen molar-refractivity contribution in [3.63, 3.8) is 0 Å². The molecular formula is C12H14O4. The second kappa shape index (κ2) is 5.53. The van der Waals surface area contributed by atoms with Gasteiger partial charge in [0, 0.05) is 11.1 Å². The Hall–Kier alpha value is -1.52. The fourth-order valence-electron chi connectivity index (χ4n) is 1.35. The van der Waals surface area contributed by atoms with Crippen LogP contribution < -0.4 is 0 Å². The molecule has 0 saturated carbocycles. The van der Waals surface area contributed by atoms with Gasteiger partial charge in [-0.1, -0.05) is 18.2 Å². The van der Waals surface area contributed by atoms with Crippen molar-refractivity contribution in [1.29, 1.82) is 0 Å². The van der Waals surface area contributed by atoms with Crippen LogP contribution >= 0.6 is 0 Å². The van der Waals surface area contributed by atoms with E-state index in [1.165, 1.54) is 13.0 Å². The molecule has 2 N–H and O–H groups in total. The van der Waals surface area contributed by atoms with E-state index >= 15 is 0 Å². The van der Waals surface area contributed by atoms with E-state index in [2.05, 4.69) is 0 Å². The van der Waals surface area contributed by atoms with Crippen LogP contribution in [0.3, 0.4) is 0 Å². The molecule has 0 spiro atoms. The molecular weight excluding hydrogens is 208 g/mol. The molecule has 0 atom stereocenters. The third-order valence-electron chi connectivity index (χ3n) is 2.37. The summed E-state index contributed by atoms with van der Waals surface area (Å²) in [5.41, 5.74) is 0.779. The highest BCUT2D eigenvalue weighted by atomic mass is 16.3. The fraction of sp³-hybridized carbons (Fsp3) is 0.333. The van der Waals surface area contributed by atoms with E-state index in [1.54, 1.807) is 18.2 Å². The molecule has 0 aromatic heterocycles. The zero-order valence-electron chi connectivity index (χ0n) is 9.01. The van der Waals surface area contributed by atoms with Gasteiger partial charge in [0.1, 0.15) is 0 Å². The molecule has 0 radical (unpaired) electrons. The predicted molar refractivity (Wildman–Crippen MR) is 58.4 cm³/mol. The van der Waals surface area contributed by atoms with Crippen molar-refractivity contribution in [3.8, 4) is 0 Å². The monoisotopic (exact) mass is 222 g/mol. The largest absolute Gasteiger partial charge is 0.396 e. The maximum Gasteiger partial charge on any atom is 0.170 e. The molecule has 0 bridgehead atoms. The van der Waals surface area contributed by atoms with Crippen molar-refractivity contribution >= 4 is 11.6 Å². The molecule has 0 saturated heterocycles. The van der Waals surface area contributed by atoms with E-state index in [1.807, 2.05) is 0 Å². The molecule has 0 aliphatic heterocycles. The zero-order valence-corrected chi connectivity index (χ0v) is 9.01. The highest BCUT2D eigenvalue weighted by Crippen LogP contribution is 2.11. The number of aliphatic hydroxyl groups is 2. The van der Waals surface area contributed by atoms with E-state index < -0.39 is 19.1 Å². The molecule has 86 valence electrons. The van der Waals surface area contributed by atoms with Crippen molar-refractivity contribution < 1.29 is 19.8 Å². The second-order valence-corrected chi connectivity index (χ2v) is 3.56. The van der Waals surface area contributed by atoms with Gasteiger partial charge in [0.2, 0.25) is 0 Å². The number of ketones is 2. The summed E-state index contributed by atoms with van der Waals surface area (Å²) >= 11 is 0. The molecule has 4 nitrogen and oxygen atoms in total. The standard InChI is InChI=1S/C12H14O4/c1-8(15)9-3-2-4-10(5-9)12(16)11(6-13)7-14/h2-5,11,13-14H,6-7H2,1H3. The molecule has 0 aliphatic carbocycles. The molecule has 16 heavy (non-hydrogen) atoms. The SMILES string of the molecule is CC(=O)c1cccc(C(=O)C(CO)CO)c1. The predicted octanol–water partition coefficient (Wildman–Crippen LogP) is 0.673. The minimum atomic E-state index is -0.817. The molecule has 0 amide bonds. The van der Waals surface area contributed by atoms with Gasteiger partial charge in [-0.15, -0.1) is 0 Å².